The summed E-state index contributed by atoms with van der Waals surface area (Å²) >= 11 is 0. The number of pyridine rings is 1. The molecule has 2 N–H and O–H groups in total. The van der Waals surface area contributed by atoms with Crippen LogP contribution in [0.5, 0.6) is 5.88 Å². The Morgan fingerprint density at radius 1 is 1.04 bits per heavy atom. The molecule has 0 bridgehead atoms. The fraction of sp³-hybridized carbons (Fsp3) is 0.235. The summed E-state index contributed by atoms with van der Waals surface area (Å²) in [5.74, 6) is -1.05. The minimum absolute atomic E-state index is 0.0752. The van der Waals surface area contributed by atoms with E-state index in [9.17, 15) is 22.8 Å². The highest BCUT2D eigenvalue weighted by molar-refractivity contribution is 6.04. The second-order valence-corrected chi connectivity index (χ2v) is 5.30. The summed E-state index contributed by atoms with van der Waals surface area (Å²) in [5, 5.41) is 5.21. The minimum Gasteiger partial charge on any atom is -0.468 e. The average molecular weight is 383 g/mol. The summed E-state index contributed by atoms with van der Waals surface area (Å²) in [6.45, 7) is -1.53. The number of nitrogens with zero attached hydrogens (tertiary/aromatic N) is 1. The van der Waals surface area contributed by atoms with Crippen LogP contribution < -0.4 is 15.4 Å². The van der Waals surface area contributed by atoms with Gasteiger partial charge in [0, 0.05) is 30.7 Å². The van der Waals surface area contributed by atoms with Gasteiger partial charge >= 0.3 is 6.18 Å². The number of nitrogens with one attached hydrogen (secondary N) is 2. The summed E-state index contributed by atoms with van der Waals surface area (Å²) in [5.41, 5.74) is 1.14. The molecular weight excluding hydrogens is 367 g/mol. The first-order valence-corrected chi connectivity index (χ1v) is 7.62. The molecule has 0 spiro atoms. The maximum absolute atomic E-state index is 12.1. The number of carbonyl (C=O) groups excluding carboxylic acids is 2. The number of benzene rings is 1. The molecule has 27 heavy (non-hydrogen) atoms. The van der Waals surface area contributed by atoms with Crippen LogP contribution in [0.4, 0.5) is 24.5 Å². The Bertz CT molecular complexity index is 778. The lowest BCUT2D eigenvalue weighted by atomic mass is 10.2. The average Bonchev–Trinajstić information content (AvgIpc) is 2.61. The van der Waals surface area contributed by atoms with Crippen molar-refractivity contribution in [2.24, 2.45) is 0 Å². The molecule has 2 rings (SSSR count). The lowest BCUT2D eigenvalue weighted by Gasteiger charge is -2.09. The number of hydrogen-bond donors (Lipinski definition) is 2. The van der Waals surface area contributed by atoms with E-state index >= 15 is 0 Å². The van der Waals surface area contributed by atoms with Gasteiger partial charge in [-0.15, -0.1) is 0 Å². The van der Waals surface area contributed by atoms with Crippen molar-refractivity contribution < 1.29 is 32.2 Å². The third kappa shape index (κ3) is 6.94. The van der Waals surface area contributed by atoms with Crippen LogP contribution in [0.25, 0.3) is 0 Å². The number of amides is 2. The number of aromatic nitrogens is 1. The Kier molecular flexibility index (Phi) is 6.72. The number of rotatable bonds is 7. The van der Waals surface area contributed by atoms with Crippen molar-refractivity contribution in [3.8, 4) is 5.88 Å². The summed E-state index contributed by atoms with van der Waals surface area (Å²) in [6, 6.07) is 8.82. The van der Waals surface area contributed by atoms with Gasteiger partial charge in [0.15, 0.2) is 6.61 Å². The zero-order chi connectivity index (χ0) is 19.9. The number of methoxy groups -OCH3 is 1. The second kappa shape index (κ2) is 8.99. The highest BCUT2D eigenvalue weighted by Crippen LogP contribution is 2.18. The smallest absolute Gasteiger partial charge is 0.422 e. The van der Waals surface area contributed by atoms with Crippen molar-refractivity contribution in [2.45, 2.75) is 6.18 Å². The summed E-state index contributed by atoms with van der Waals surface area (Å²) in [7, 11) is 1.40. The van der Waals surface area contributed by atoms with Crippen LogP contribution in [-0.2, 0) is 9.53 Å². The van der Waals surface area contributed by atoms with Crippen LogP contribution in [0.1, 0.15) is 10.4 Å². The van der Waals surface area contributed by atoms with E-state index in [4.69, 9.17) is 4.74 Å². The van der Waals surface area contributed by atoms with E-state index in [-0.39, 0.29) is 24.0 Å². The van der Waals surface area contributed by atoms with Gasteiger partial charge in [0.05, 0.1) is 5.56 Å². The fourth-order valence-electron chi connectivity index (χ4n) is 1.92. The van der Waals surface area contributed by atoms with Gasteiger partial charge in [-0.25, -0.2) is 4.98 Å². The number of ether oxygens (including phenoxy) is 2. The molecule has 0 unspecified atom stereocenters. The van der Waals surface area contributed by atoms with Crippen LogP contribution in [0.2, 0.25) is 0 Å². The van der Waals surface area contributed by atoms with Crippen LogP contribution in [0.3, 0.4) is 0 Å². The first-order valence-electron chi connectivity index (χ1n) is 7.62. The van der Waals surface area contributed by atoms with E-state index in [1.807, 2.05) is 0 Å². The van der Waals surface area contributed by atoms with Gasteiger partial charge in [0.25, 0.3) is 5.91 Å². The van der Waals surface area contributed by atoms with Gasteiger partial charge in [-0.1, -0.05) is 0 Å². The lowest BCUT2D eigenvalue weighted by molar-refractivity contribution is -0.154. The van der Waals surface area contributed by atoms with Gasteiger partial charge < -0.3 is 20.1 Å². The van der Waals surface area contributed by atoms with Gasteiger partial charge in [-0.3, -0.25) is 9.59 Å². The first kappa shape index (κ1) is 20.2. The molecule has 1 aromatic carbocycles. The Morgan fingerprint density at radius 2 is 1.67 bits per heavy atom. The molecule has 2 aromatic rings. The second-order valence-electron chi connectivity index (χ2n) is 5.30. The minimum atomic E-state index is -4.47. The summed E-state index contributed by atoms with van der Waals surface area (Å²) in [6.07, 6.45) is -3.35. The molecule has 0 radical (unpaired) electrons. The standard InChI is InChI=1S/C17H16F3N3O4/c1-26-9-14(24)22-12-3-5-13(6-4-12)23-16(25)11-2-7-15(21-8-11)27-10-17(18,19)20/h2-8H,9-10H2,1H3,(H,22,24)(H,23,25). The predicted molar refractivity (Wildman–Crippen MR) is 90.7 cm³/mol. The van der Waals surface area contributed by atoms with E-state index in [1.165, 1.54) is 19.2 Å². The number of anilines is 2. The van der Waals surface area contributed by atoms with Crippen molar-refractivity contribution in [3.05, 3.63) is 48.2 Å². The molecule has 10 heteroatoms. The Balaban J connectivity index is 1.91. The molecule has 0 atom stereocenters. The van der Waals surface area contributed by atoms with Crippen molar-refractivity contribution in [1.82, 2.24) is 4.98 Å². The number of carbonyl (C=O) groups is 2. The van der Waals surface area contributed by atoms with Crippen molar-refractivity contribution in [3.63, 3.8) is 0 Å². The van der Waals surface area contributed by atoms with Crippen LogP contribution in [0, 0.1) is 0 Å². The van der Waals surface area contributed by atoms with E-state index in [2.05, 4.69) is 20.4 Å². The van der Waals surface area contributed by atoms with Crippen molar-refractivity contribution >= 4 is 23.2 Å². The molecule has 0 fully saturated rings. The maximum Gasteiger partial charge on any atom is 0.422 e. The molecule has 7 nitrogen and oxygen atoms in total. The zero-order valence-electron chi connectivity index (χ0n) is 14.2. The van der Waals surface area contributed by atoms with Crippen LogP contribution >= 0.6 is 0 Å². The zero-order valence-corrected chi connectivity index (χ0v) is 14.2. The van der Waals surface area contributed by atoms with E-state index in [1.54, 1.807) is 24.3 Å². The van der Waals surface area contributed by atoms with Gasteiger partial charge in [0.1, 0.15) is 6.61 Å². The quantitative estimate of drug-likeness (QED) is 0.768. The molecular formula is C17H16F3N3O4. The molecule has 1 heterocycles. The molecule has 1 aromatic heterocycles. The Hall–Kier alpha value is -3.14. The molecule has 2 amide bonds. The molecule has 0 aliphatic heterocycles. The molecule has 144 valence electrons. The van der Waals surface area contributed by atoms with E-state index in [0.717, 1.165) is 6.20 Å². The number of alkyl halides is 3. The van der Waals surface area contributed by atoms with Gasteiger partial charge in [0.2, 0.25) is 11.8 Å². The molecule has 0 aliphatic carbocycles. The van der Waals surface area contributed by atoms with E-state index in [0.29, 0.717) is 11.4 Å². The van der Waals surface area contributed by atoms with E-state index < -0.39 is 18.7 Å². The SMILES string of the molecule is COCC(=O)Nc1ccc(NC(=O)c2ccc(OCC(F)(F)F)nc2)cc1. The van der Waals surface area contributed by atoms with Crippen LogP contribution in [-0.4, -0.2) is 43.3 Å². The van der Waals surface area contributed by atoms with Gasteiger partial charge in [-0.05, 0) is 30.3 Å². The molecule has 0 aliphatic rings. The third-order valence-electron chi connectivity index (χ3n) is 3.08. The number of hydrogen-bond acceptors (Lipinski definition) is 5. The van der Waals surface area contributed by atoms with Gasteiger partial charge in [-0.2, -0.15) is 13.2 Å². The lowest BCUT2D eigenvalue weighted by Crippen LogP contribution is -2.19. The topological polar surface area (TPSA) is 89.6 Å². The summed E-state index contributed by atoms with van der Waals surface area (Å²) in [4.78, 5) is 27.2. The highest BCUT2D eigenvalue weighted by Gasteiger charge is 2.28. The normalized spacial score (nSPS) is 11.0. The first-order chi connectivity index (χ1) is 12.8. The fourth-order valence-corrected chi connectivity index (χ4v) is 1.92. The third-order valence-corrected chi connectivity index (χ3v) is 3.08. The highest BCUT2D eigenvalue weighted by atomic mass is 19.4. The van der Waals surface area contributed by atoms with Crippen molar-refractivity contribution in [2.75, 3.05) is 31.0 Å². The Morgan fingerprint density at radius 3 is 2.19 bits per heavy atom. The molecule has 0 saturated carbocycles. The predicted octanol–water partition coefficient (Wildman–Crippen LogP) is 2.86. The molecule has 0 saturated heterocycles. The van der Waals surface area contributed by atoms with Crippen LogP contribution in [0.15, 0.2) is 42.6 Å². The summed E-state index contributed by atoms with van der Waals surface area (Å²) < 4.78 is 45.4. The largest absolute Gasteiger partial charge is 0.468 e. The maximum atomic E-state index is 12.1. The number of halogens is 3. The van der Waals surface area contributed by atoms with Crippen molar-refractivity contribution in [1.29, 1.82) is 0 Å². The Labute approximate surface area is 152 Å². The monoisotopic (exact) mass is 383 g/mol.